The number of hydrogen-bond acceptors (Lipinski definition) is 7. The van der Waals surface area contributed by atoms with Crippen molar-refractivity contribution in [2.75, 3.05) is 6.54 Å². The smallest absolute Gasteiger partial charge is 0.326 e. The third-order valence-electron chi connectivity index (χ3n) is 5.72. The minimum Gasteiger partial charge on any atom is -0.481 e. The molecule has 0 aromatic heterocycles. The molecule has 4 unspecified atom stereocenters. The van der Waals surface area contributed by atoms with Crippen molar-refractivity contribution in [1.29, 1.82) is 0 Å². The molecule has 1 aromatic rings. The molecule has 14 heteroatoms. The number of nitrogens with one attached hydrogen (secondary N) is 3. The van der Waals surface area contributed by atoms with Crippen molar-refractivity contribution >= 4 is 35.6 Å². The van der Waals surface area contributed by atoms with E-state index in [1.807, 2.05) is 30.3 Å². The fraction of sp³-hybridized carbons (Fsp3) is 0.520. The zero-order valence-electron chi connectivity index (χ0n) is 22.1. The van der Waals surface area contributed by atoms with Crippen molar-refractivity contribution in [3.8, 4) is 0 Å². The van der Waals surface area contributed by atoms with Gasteiger partial charge in [-0.2, -0.15) is 0 Å². The summed E-state index contributed by atoms with van der Waals surface area (Å²) in [5.41, 5.74) is 17.6. The summed E-state index contributed by atoms with van der Waals surface area (Å²) >= 11 is 0. The Labute approximate surface area is 226 Å². The van der Waals surface area contributed by atoms with Gasteiger partial charge in [0.15, 0.2) is 5.96 Å². The van der Waals surface area contributed by atoms with Gasteiger partial charge in [-0.05, 0) is 37.2 Å². The third kappa shape index (κ3) is 12.7. The number of rotatable bonds is 17. The van der Waals surface area contributed by atoms with Crippen LogP contribution in [0.3, 0.4) is 0 Å². The van der Waals surface area contributed by atoms with Crippen LogP contribution in [0.1, 0.15) is 45.1 Å². The second kappa shape index (κ2) is 16.6. The standard InChI is InChI=1S/C25H39N7O7/c1-14(2)20(23(37)31-18(24(38)39)10-11-19(33)34)32-22(36)17(9-6-12-29-25(27)28)30-21(35)16(26)13-15-7-4-3-5-8-15/h3-5,7-8,14,16-18,20H,6,9-13,26H2,1-2H3,(H,30,35)(H,31,37)(H,32,36)(H,33,34)(H,38,39)(H4,27,28,29). The molecule has 0 spiro atoms. The molecule has 14 nitrogen and oxygen atoms in total. The first-order chi connectivity index (χ1) is 18.3. The first kappa shape index (κ1) is 32.8. The molecular weight excluding hydrogens is 510 g/mol. The fourth-order valence-corrected chi connectivity index (χ4v) is 3.59. The zero-order chi connectivity index (χ0) is 29.5. The van der Waals surface area contributed by atoms with Crippen molar-refractivity contribution in [1.82, 2.24) is 16.0 Å². The molecule has 39 heavy (non-hydrogen) atoms. The molecule has 4 atom stereocenters. The quantitative estimate of drug-likeness (QED) is 0.0645. The first-order valence-electron chi connectivity index (χ1n) is 12.5. The number of benzene rings is 1. The molecule has 1 rings (SSSR count). The lowest BCUT2D eigenvalue weighted by molar-refractivity contribution is -0.143. The summed E-state index contributed by atoms with van der Waals surface area (Å²) in [6.07, 6.45) is -0.131. The van der Waals surface area contributed by atoms with Crippen LogP contribution in [0.25, 0.3) is 0 Å². The van der Waals surface area contributed by atoms with Gasteiger partial charge in [-0.25, -0.2) is 4.79 Å². The monoisotopic (exact) mass is 549 g/mol. The highest BCUT2D eigenvalue weighted by molar-refractivity contribution is 5.94. The van der Waals surface area contributed by atoms with Crippen molar-refractivity contribution in [2.24, 2.45) is 28.1 Å². The average molecular weight is 550 g/mol. The molecule has 0 saturated carbocycles. The maximum atomic E-state index is 13.2. The highest BCUT2D eigenvalue weighted by Gasteiger charge is 2.32. The molecule has 0 fully saturated rings. The number of aliphatic imine (C=N–C) groups is 1. The summed E-state index contributed by atoms with van der Waals surface area (Å²) in [7, 11) is 0. The van der Waals surface area contributed by atoms with Gasteiger partial charge in [0.05, 0.1) is 6.04 Å². The summed E-state index contributed by atoms with van der Waals surface area (Å²) in [4.78, 5) is 65.1. The largest absolute Gasteiger partial charge is 0.481 e. The molecular formula is C25H39N7O7. The minimum absolute atomic E-state index is 0.120. The Morgan fingerprint density at radius 1 is 0.872 bits per heavy atom. The van der Waals surface area contributed by atoms with E-state index in [0.717, 1.165) is 5.56 Å². The molecule has 0 aliphatic carbocycles. The lowest BCUT2D eigenvalue weighted by atomic mass is 10.0. The Bertz CT molecular complexity index is 1010. The Morgan fingerprint density at radius 2 is 1.49 bits per heavy atom. The average Bonchev–Trinajstić information content (AvgIpc) is 2.86. The second-order valence-electron chi connectivity index (χ2n) is 9.37. The lowest BCUT2D eigenvalue weighted by Crippen LogP contribution is -2.58. The van der Waals surface area contributed by atoms with Crippen LogP contribution in [0.4, 0.5) is 0 Å². The molecule has 0 heterocycles. The molecule has 11 N–H and O–H groups in total. The van der Waals surface area contributed by atoms with Crippen LogP contribution in [0, 0.1) is 5.92 Å². The van der Waals surface area contributed by atoms with E-state index in [-0.39, 0.29) is 31.8 Å². The predicted molar refractivity (Wildman–Crippen MR) is 143 cm³/mol. The minimum atomic E-state index is -1.46. The number of carboxylic acid groups (broad SMARTS) is 2. The van der Waals surface area contributed by atoms with Crippen LogP contribution in [-0.4, -0.2) is 76.5 Å². The van der Waals surface area contributed by atoms with Crippen LogP contribution < -0.4 is 33.2 Å². The number of nitrogens with two attached hydrogens (primary N) is 3. The van der Waals surface area contributed by atoms with Gasteiger partial charge in [0.1, 0.15) is 18.1 Å². The molecule has 216 valence electrons. The van der Waals surface area contributed by atoms with Gasteiger partial charge in [0.2, 0.25) is 17.7 Å². The molecule has 1 aromatic carbocycles. The van der Waals surface area contributed by atoms with E-state index in [1.165, 1.54) is 0 Å². The maximum absolute atomic E-state index is 13.2. The van der Waals surface area contributed by atoms with Gasteiger partial charge in [-0.3, -0.25) is 24.2 Å². The summed E-state index contributed by atoms with van der Waals surface area (Å²) < 4.78 is 0. The molecule has 0 aliphatic rings. The highest BCUT2D eigenvalue weighted by atomic mass is 16.4. The number of aliphatic carboxylic acids is 2. The summed E-state index contributed by atoms with van der Waals surface area (Å²) in [5.74, 6) is -5.29. The van der Waals surface area contributed by atoms with Crippen LogP contribution in [0.5, 0.6) is 0 Å². The first-order valence-corrected chi connectivity index (χ1v) is 12.5. The fourth-order valence-electron chi connectivity index (χ4n) is 3.59. The van der Waals surface area contributed by atoms with E-state index in [0.29, 0.717) is 6.42 Å². The Balaban J connectivity index is 2.99. The van der Waals surface area contributed by atoms with E-state index in [4.69, 9.17) is 22.3 Å². The normalized spacial score (nSPS) is 13.8. The van der Waals surface area contributed by atoms with Crippen molar-refractivity contribution < 1.29 is 34.2 Å². The van der Waals surface area contributed by atoms with E-state index in [1.54, 1.807) is 13.8 Å². The molecule has 0 aliphatic heterocycles. The molecule has 3 amide bonds. The highest BCUT2D eigenvalue weighted by Crippen LogP contribution is 2.08. The molecule has 0 radical (unpaired) electrons. The Morgan fingerprint density at radius 3 is 2.03 bits per heavy atom. The Hall–Kier alpha value is -4.20. The summed E-state index contributed by atoms with van der Waals surface area (Å²) in [6, 6.07) is 4.43. The summed E-state index contributed by atoms with van der Waals surface area (Å²) in [6.45, 7) is 3.47. The zero-order valence-corrected chi connectivity index (χ0v) is 22.1. The number of carbonyl (C=O) groups is 5. The van der Waals surface area contributed by atoms with Crippen molar-refractivity contribution in [3.63, 3.8) is 0 Å². The maximum Gasteiger partial charge on any atom is 0.326 e. The van der Waals surface area contributed by atoms with Crippen molar-refractivity contribution in [3.05, 3.63) is 35.9 Å². The van der Waals surface area contributed by atoms with Gasteiger partial charge in [0.25, 0.3) is 0 Å². The van der Waals surface area contributed by atoms with E-state index in [2.05, 4.69) is 20.9 Å². The van der Waals surface area contributed by atoms with E-state index in [9.17, 15) is 29.1 Å². The molecule has 0 saturated heterocycles. The predicted octanol–water partition coefficient (Wildman–Crippen LogP) is -1.33. The van der Waals surface area contributed by atoms with Crippen LogP contribution in [-0.2, 0) is 30.4 Å². The number of carboxylic acids is 2. The number of nitrogens with zero attached hydrogens (tertiary/aromatic N) is 1. The third-order valence-corrected chi connectivity index (χ3v) is 5.72. The SMILES string of the molecule is CC(C)C(NC(=O)C(CCCN=C(N)N)NC(=O)C(N)Cc1ccccc1)C(=O)NC(CCC(=O)O)C(=O)O. The Kier molecular flexibility index (Phi) is 14.0. The number of amides is 3. The topological polar surface area (TPSA) is 252 Å². The van der Waals surface area contributed by atoms with E-state index >= 15 is 0 Å². The van der Waals surface area contributed by atoms with Gasteiger partial charge >= 0.3 is 11.9 Å². The summed E-state index contributed by atoms with van der Waals surface area (Å²) in [5, 5.41) is 25.7. The van der Waals surface area contributed by atoms with Crippen molar-refractivity contribution in [2.45, 2.75) is 70.1 Å². The van der Waals surface area contributed by atoms with Crippen LogP contribution in [0.2, 0.25) is 0 Å². The van der Waals surface area contributed by atoms with Gasteiger partial charge in [-0.15, -0.1) is 0 Å². The van der Waals surface area contributed by atoms with Gasteiger partial charge < -0.3 is 43.4 Å². The second-order valence-corrected chi connectivity index (χ2v) is 9.37. The number of hydrogen-bond donors (Lipinski definition) is 8. The van der Waals surface area contributed by atoms with E-state index < -0.39 is 66.2 Å². The number of carbonyl (C=O) groups excluding carboxylic acids is 3. The van der Waals surface area contributed by atoms with Gasteiger partial charge in [-0.1, -0.05) is 44.2 Å². The van der Waals surface area contributed by atoms with Gasteiger partial charge in [0, 0.05) is 13.0 Å². The molecule has 0 bridgehead atoms. The lowest BCUT2D eigenvalue weighted by Gasteiger charge is -2.27. The number of guanidine groups is 1. The van der Waals surface area contributed by atoms with Crippen LogP contribution in [0.15, 0.2) is 35.3 Å². The van der Waals surface area contributed by atoms with Crippen LogP contribution >= 0.6 is 0 Å².